The van der Waals surface area contributed by atoms with Gasteiger partial charge in [0.1, 0.15) is 0 Å². The van der Waals surface area contributed by atoms with Crippen LogP contribution in [0.4, 0.5) is 0 Å². The van der Waals surface area contributed by atoms with E-state index < -0.39 is 12.3 Å². The fraction of sp³-hybridized carbons (Fsp3) is 1.00. The Bertz CT molecular complexity index is 49.1. The molecule has 0 heterocycles. The Hall–Kier alpha value is 2.03. The van der Waals surface area contributed by atoms with E-state index in [1.807, 2.05) is 0 Å². The second-order valence-electron chi connectivity index (χ2n) is 1.28. The van der Waals surface area contributed by atoms with Gasteiger partial charge in [-0.25, -0.2) is 0 Å². The van der Waals surface area contributed by atoms with Crippen molar-refractivity contribution in [3.05, 3.63) is 11.5 Å². The minimum absolute atomic E-state index is 0.523. The molecule has 0 spiro atoms. The Balaban J connectivity index is 0. The average molecular weight is 537 g/mol. The third-order valence-corrected chi connectivity index (χ3v) is 0.474. The van der Waals surface area contributed by atoms with Crippen LogP contribution in [0, 0.1) is 0 Å². The summed E-state index contributed by atoms with van der Waals surface area (Å²) in [5.74, 6) is 0. The summed E-state index contributed by atoms with van der Waals surface area (Å²) in [6.45, 7) is 1.47. The standard InChI is InChI=1S/C3H8N2O.2HI.Pt/c1-2(4)3(5)6;;;/h2-6H,1H3;2*1H;/q-2;;;+4/p-2. The van der Waals surface area contributed by atoms with Crippen LogP contribution in [0.1, 0.15) is 6.92 Å². The van der Waals surface area contributed by atoms with Crippen LogP contribution >= 0.6 is 38.7 Å². The summed E-state index contributed by atoms with van der Waals surface area (Å²) in [5, 5.41) is 8.11. The number of hydrogen-bond acceptors (Lipinski definition) is 1. The molecule has 0 saturated carbocycles. The van der Waals surface area contributed by atoms with E-state index >= 15 is 0 Å². The van der Waals surface area contributed by atoms with Gasteiger partial charge >= 0.3 is 49.9 Å². The predicted octanol–water partition coefficient (Wildman–Crippen LogP) is 2.57. The maximum atomic E-state index is 8.11. The van der Waals surface area contributed by atoms with E-state index in [1.54, 1.807) is 0 Å². The summed E-state index contributed by atoms with van der Waals surface area (Å²) in [4.78, 5) is 0. The fourth-order valence-corrected chi connectivity index (χ4v) is 0. The van der Waals surface area contributed by atoms with E-state index in [9.17, 15) is 0 Å². The van der Waals surface area contributed by atoms with Crippen molar-refractivity contribution in [2.45, 2.75) is 19.2 Å². The molecule has 0 fully saturated rings. The van der Waals surface area contributed by atoms with Gasteiger partial charge in [0, 0.05) is 0 Å². The van der Waals surface area contributed by atoms with Gasteiger partial charge in [0.15, 0.2) is 0 Å². The van der Waals surface area contributed by atoms with Crippen molar-refractivity contribution in [3.63, 3.8) is 0 Å². The van der Waals surface area contributed by atoms with Gasteiger partial charge < -0.3 is 16.6 Å². The third-order valence-electron chi connectivity index (χ3n) is 0.474. The first-order valence-electron chi connectivity index (χ1n) is 1.99. The van der Waals surface area contributed by atoms with E-state index in [-0.39, 0.29) is 0 Å². The Morgan fingerprint density at radius 3 is 1.56 bits per heavy atom. The molecule has 3 nitrogen and oxygen atoms in total. The minimum atomic E-state index is -1.23. The van der Waals surface area contributed by atoms with Gasteiger partial charge in [-0.3, -0.25) is 0 Å². The molecule has 6 heteroatoms. The second-order valence-corrected chi connectivity index (χ2v) is 17.9. The van der Waals surface area contributed by atoms with Crippen LogP contribution in [-0.2, 0) is 11.2 Å². The monoisotopic (exact) mass is 537 g/mol. The quantitative estimate of drug-likeness (QED) is 0.514. The van der Waals surface area contributed by atoms with E-state index in [0.717, 1.165) is 0 Å². The molecule has 0 aromatic heterocycles. The van der Waals surface area contributed by atoms with Crippen molar-refractivity contribution in [2.24, 2.45) is 0 Å². The van der Waals surface area contributed by atoms with Gasteiger partial charge in [-0.15, -0.1) is 6.04 Å². The number of hydrogen-bond donors (Lipinski definition) is 1. The summed E-state index contributed by atoms with van der Waals surface area (Å²) >= 11 is 5.30. The van der Waals surface area contributed by atoms with Crippen LogP contribution in [0.25, 0.3) is 11.5 Å². The fourth-order valence-electron chi connectivity index (χ4n) is 0. The van der Waals surface area contributed by atoms with E-state index in [2.05, 4.69) is 38.7 Å². The first-order valence-corrected chi connectivity index (χ1v) is 14.9. The third kappa shape index (κ3) is 17.8. The molecule has 9 heavy (non-hydrogen) atoms. The summed E-state index contributed by atoms with van der Waals surface area (Å²) in [6.07, 6.45) is -1.23. The van der Waals surface area contributed by atoms with Crippen LogP contribution in [0.3, 0.4) is 0 Å². The molecule has 0 saturated heterocycles. The molecule has 0 rings (SSSR count). The molecule has 2 unspecified atom stereocenters. The van der Waals surface area contributed by atoms with Gasteiger partial charge in [-0.2, -0.15) is 0 Å². The average Bonchev–Trinajstić information content (AvgIpc) is 1.68. The molecule has 0 aliphatic rings. The first kappa shape index (κ1) is 13.6. The normalized spacial score (nSPS) is 15.8. The van der Waals surface area contributed by atoms with Gasteiger partial charge in [0.2, 0.25) is 0 Å². The second kappa shape index (κ2) is 10.0. The molecule has 0 aromatic carbocycles. The number of nitrogens with one attached hydrogen (secondary N) is 2. The SMILES string of the molecule is CC([NH-])C([NH-])O.[I][Pt+2][I]. The van der Waals surface area contributed by atoms with Crippen LogP contribution in [0.2, 0.25) is 0 Å². The van der Waals surface area contributed by atoms with Crippen LogP contribution in [0.15, 0.2) is 0 Å². The molecule has 2 atom stereocenters. The molecule has 0 radical (unpaired) electrons. The van der Waals surface area contributed by atoms with Crippen molar-refractivity contribution in [3.8, 4) is 0 Å². The Morgan fingerprint density at radius 2 is 1.56 bits per heavy atom. The number of aliphatic hydroxyl groups is 1. The maximum absolute atomic E-state index is 8.11. The molecular formula is C3H8I2N2OPt. The Morgan fingerprint density at radius 1 is 1.44 bits per heavy atom. The molecule has 0 aromatic rings. The van der Waals surface area contributed by atoms with Crippen molar-refractivity contribution in [1.29, 1.82) is 0 Å². The van der Waals surface area contributed by atoms with E-state index in [4.69, 9.17) is 16.6 Å². The van der Waals surface area contributed by atoms with Crippen molar-refractivity contribution in [1.82, 2.24) is 0 Å². The zero-order valence-electron chi connectivity index (χ0n) is 4.67. The Kier molecular flexibility index (Phi) is 15.2. The molecule has 0 amide bonds. The molecule has 60 valence electrons. The van der Waals surface area contributed by atoms with Crippen molar-refractivity contribution < 1.29 is 16.3 Å². The molecule has 0 aliphatic heterocycles. The van der Waals surface area contributed by atoms with Crippen molar-refractivity contribution >= 4 is 38.7 Å². The zero-order chi connectivity index (χ0) is 7.86. The molecular weight excluding hydrogens is 529 g/mol. The Labute approximate surface area is 84.5 Å². The van der Waals surface area contributed by atoms with Crippen LogP contribution in [-0.4, -0.2) is 17.4 Å². The summed E-state index contributed by atoms with van der Waals surface area (Å²) in [6, 6.07) is -0.676. The molecule has 3 N–H and O–H groups in total. The van der Waals surface area contributed by atoms with E-state index in [0.29, 0.717) is 11.2 Å². The van der Waals surface area contributed by atoms with Gasteiger partial charge in [-0.1, -0.05) is 13.2 Å². The van der Waals surface area contributed by atoms with E-state index in [1.165, 1.54) is 6.92 Å². The topological polar surface area (TPSA) is 67.8 Å². The summed E-state index contributed by atoms with van der Waals surface area (Å²) < 4.78 is 0. The zero-order valence-corrected chi connectivity index (χ0v) is 11.3. The van der Waals surface area contributed by atoms with Gasteiger partial charge in [0.05, 0.1) is 0 Å². The van der Waals surface area contributed by atoms with Crippen molar-refractivity contribution in [2.75, 3.05) is 0 Å². The number of aliphatic hydroxyl groups excluding tert-OH is 1. The first-order chi connectivity index (χ1) is 4.06. The predicted molar refractivity (Wildman–Crippen MR) is 52.2 cm³/mol. The van der Waals surface area contributed by atoms with Gasteiger partial charge in [-0.05, 0) is 0 Å². The summed E-state index contributed by atoms with van der Waals surface area (Å²) in [7, 11) is 0. The van der Waals surface area contributed by atoms with Crippen LogP contribution < -0.4 is 0 Å². The van der Waals surface area contributed by atoms with Gasteiger partial charge in [0.25, 0.3) is 0 Å². The number of rotatable bonds is 1. The summed E-state index contributed by atoms with van der Waals surface area (Å²) in [5.41, 5.74) is 13.0. The van der Waals surface area contributed by atoms with Crippen LogP contribution in [0.5, 0.6) is 0 Å². The molecule has 0 aliphatic carbocycles. The molecule has 0 bridgehead atoms. The number of halogens is 2.